The first-order valence-corrected chi connectivity index (χ1v) is 4.80. The van der Waals surface area contributed by atoms with Crippen LogP contribution in [0, 0.1) is 13.8 Å². The first-order chi connectivity index (χ1) is 7.73. The van der Waals surface area contributed by atoms with E-state index in [2.05, 4.69) is 4.98 Å². The quantitative estimate of drug-likeness (QED) is 0.321. The third-order valence-electron chi connectivity index (χ3n) is 2.61. The number of aromatic amines is 1. The van der Waals surface area contributed by atoms with Crippen LogP contribution in [0.2, 0.25) is 0 Å². The van der Waals surface area contributed by atoms with Crippen molar-refractivity contribution in [2.75, 3.05) is 0 Å². The molecule has 0 radical (unpaired) electrons. The number of nitrogens with one attached hydrogen (secondary N) is 1. The van der Waals surface area contributed by atoms with Crippen LogP contribution in [-0.2, 0) is 10.6 Å². The number of aliphatic hydroxyl groups excluding tert-OH is 1. The highest BCUT2D eigenvalue weighted by atomic mass is 16.5. The number of aldehydes is 1. The van der Waals surface area contributed by atoms with Gasteiger partial charge in [-0.15, -0.1) is 0 Å². The van der Waals surface area contributed by atoms with E-state index >= 15 is 0 Å². The molecule has 0 aliphatic carbocycles. The van der Waals surface area contributed by atoms with Gasteiger partial charge in [-0.25, -0.2) is 0 Å². The Morgan fingerprint density at radius 2 is 2.00 bits per heavy atom. The van der Waals surface area contributed by atoms with Gasteiger partial charge in [-0.2, -0.15) is 0 Å². The zero-order valence-electron chi connectivity index (χ0n) is 9.39. The average Bonchev–Trinajstić information content (AvgIpc) is 2.52. The molecule has 7 heteroatoms. The molecule has 0 bridgehead atoms. The summed E-state index contributed by atoms with van der Waals surface area (Å²) in [6, 6.07) is 0. The van der Waals surface area contributed by atoms with Crippen LogP contribution in [0.3, 0.4) is 0 Å². The second kappa shape index (κ2) is 4.28. The molecule has 0 aliphatic heterocycles. The maximum atomic E-state index is 10.8. The minimum absolute atomic E-state index is 0.133. The molecule has 1 heterocycles. The Morgan fingerprint density at radius 3 is 2.35 bits per heavy atom. The first kappa shape index (κ1) is 13.4. The molecule has 6 N–H and O–H groups in total. The van der Waals surface area contributed by atoms with Crippen LogP contribution in [0.5, 0.6) is 0 Å². The minimum Gasteiger partial charge on any atom is -0.378 e. The number of aryl methyl sites for hydroxylation is 1. The summed E-state index contributed by atoms with van der Waals surface area (Å²) in [6.07, 6.45) is -1.69. The number of aliphatic hydroxyl groups is 3. The molecule has 17 heavy (non-hydrogen) atoms. The van der Waals surface area contributed by atoms with Crippen molar-refractivity contribution in [2.45, 2.75) is 25.7 Å². The summed E-state index contributed by atoms with van der Waals surface area (Å²) < 4.78 is 0. The second-order valence-electron chi connectivity index (χ2n) is 3.81. The molecule has 1 amide bonds. The summed E-state index contributed by atoms with van der Waals surface area (Å²) in [6.45, 7) is 2.93. The standard InChI is InChI=1S/C10H14N2O5/c1-4-6(3-13)12-5(2)7(4)10(16,17)8(14)9(11)15/h3,8,12,14,16-17H,1-2H3,(H2,11,15). The topological polar surface area (TPSA) is 137 Å². The fourth-order valence-corrected chi connectivity index (χ4v) is 1.78. The van der Waals surface area contributed by atoms with Gasteiger partial charge in [0.1, 0.15) is 0 Å². The number of amides is 1. The van der Waals surface area contributed by atoms with Gasteiger partial charge in [0, 0.05) is 11.3 Å². The average molecular weight is 242 g/mol. The number of nitrogens with two attached hydrogens (primary N) is 1. The summed E-state index contributed by atoms with van der Waals surface area (Å²) in [5.41, 5.74) is 5.32. The van der Waals surface area contributed by atoms with E-state index < -0.39 is 17.8 Å². The van der Waals surface area contributed by atoms with Crippen molar-refractivity contribution >= 4 is 12.2 Å². The molecule has 0 saturated carbocycles. The van der Waals surface area contributed by atoms with Crippen LogP contribution in [-0.4, -0.2) is 38.6 Å². The Bertz CT molecular complexity index is 464. The van der Waals surface area contributed by atoms with E-state index in [9.17, 15) is 24.9 Å². The van der Waals surface area contributed by atoms with Gasteiger partial charge in [0.2, 0.25) is 5.79 Å². The Hall–Kier alpha value is -1.70. The van der Waals surface area contributed by atoms with Gasteiger partial charge in [0.25, 0.3) is 5.91 Å². The van der Waals surface area contributed by atoms with Crippen LogP contribution < -0.4 is 5.73 Å². The molecule has 1 rings (SSSR count). The van der Waals surface area contributed by atoms with Gasteiger partial charge < -0.3 is 26.0 Å². The summed E-state index contributed by atoms with van der Waals surface area (Å²) in [5.74, 6) is -4.11. The number of primary amides is 1. The number of carbonyl (C=O) groups excluding carboxylic acids is 2. The van der Waals surface area contributed by atoms with Crippen LogP contribution in [0.25, 0.3) is 0 Å². The van der Waals surface area contributed by atoms with Gasteiger partial charge in [-0.05, 0) is 19.4 Å². The molecule has 0 fully saturated rings. The number of hydrogen-bond donors (Lipinski definition) is 5. The number of carbonyl (C=O) groups is 2. The van der Waals surface area contributed by atoms with E-state index in [1.807, 2.05) is 0 Å². The fourth-order valence-electron chi connectivity index (χ4n) is 1.78. The summed E-state index contributed by atoms with van der Waals surface area (Å²) >= 11 is 0. The molecule has 0 spiro atoms. The zero-order valence-corrected chi connectivity index (χ0v) is 9.39. The normalized spacial score (nSPS) is 13.5. The second-order valence-corrected chi connectivity index (χ2v) is 3.81. The Balaban J connectivity index is 3.37. The maximum Gasteiger partial charge on any atom is 0.252 e. The smallest absolute Gasteiger partial charge is 0.252 e. The van der Waals surface area contributed by atoms with Crippen molar-refractivity contribution in [2.24, 2.45) is 5.73 Å². The monoisotopic (exact) mass is 242 g/mol. The third kappa shape index (κ3) is 2.07. The lowest BCUT2D eigenvalue weighted by Gasteiger charge is -2.26. The number of hydrogen-bond acceptors (Lipinski definition) is 5. The van der Waals surface area contributed by atoms with E-state index in [1.54, 1.807) is 0 Å². The molecule has 7 nitrogen and oxygen atoms in total. The molecule has 94 valence electrons. The van der Waals surface area contributed by atoms with Crippen molar-refractivity contribution in [1.29, 1.82) is 0 Å². The molecule has 0 aliphatic rings. The van der Waals surface area contributed by atoms with Gasteiger partial charge in [0.15, 0.2) is 12.4 Å². The number of H-pyrrole nitrogens is 1. The van der Waals surface area contributed by atoms with Gasteiger partial charge in [-0.3, -0.25) is 9.59 Å². The molecule has 1 unspecified atom stereocenters. The third-order valence-corrected chi connectivity index (χ3v) is 2.61. The molecule has 0 saturated heterocycles. The number of aromatic nitrogens is 1. The highest BCUT2D eigenvalue weighted by molar-refractivity contribution is 5.81. The highest BCUT2D eigenvalue weighted by Gasteiger charge is 2.42. The van der Waals surface area contributed by atoms with E-state index in [0.29, 0.717) is 6.29 Å². The minimum atomic E-state index is -2.84. The van der Waals surface area contributed by atoms with Crippen LogP contribution in [0.1, 0.15) is 27.3 Å². The predicted molar refractivity (Wildman–Crippen MR) is 57.0 cm³/mol. The summed E-state index contributed by atoms with van der Waals surface area (Å²) in [5, 5.41) is 28.9. The van der Waals surface area contributed by atoms with E-state index in [4.69, 9.17) is 5.73 Å². The Morgan fingerprint density at radius 1 is 1.47 bits per heavy atom. The molecule has 1 aromatic rings. The molecular weight excluding hydrogens is 228 g/mol. The predicted octanol–water partition coefficient (Wildman–Crippen LogP) is -1.57. The molecular formula is C10H14N2O5. The van der Waals surface area contributed by atoms with E-state index in [1.165, 1.54) is 13.8 Å². The van der Waals surface area contributed by atoms with E-state index in [0.717, 1.165) is 0 Å². The Kier molecular flexibility index (Phi) is 3.37. The lowest BCUT2D eigenvalue weighted by atomic mass is 9.96. The van der Waals surface area contributed by atoms with Crippen LogP contribution in [0.4, 0.5) is 0 Å². The first-order valence-electron chi connectivity index (χ1n) is 4.80. The summed E-state index contributed by atoms with van der Waals surface area (Å²) in [7, 11) is 0. The molecule has 1 atom stereocenters. The van der Waals surface area contributed by atoms with Gasteiger partial charge >= 0.3 is 0 Å². The van der Waals surface area contributed by atoms with Crippen molar-refractivity contribution in [1.82, 2.24) is 4.98 Å². The van der Waals surface area contributed by atoms with Crippen molar-refractivity contribution in [3.8, 4) is 0 Å². The van der Waals surface area contributed by atoms with E-state index in [-0.39, 0.29) is 22.5 Å². The lowest BCUT2D eigenvalue weighted by molar-refractivity contribution is -0.230. The van der Waals surface area contributed by atoms with Crippen LogP contribution >= 0.6 is 0 Å². The SMILES string of the molecule is Cc1[nH]c(C=O)c(C)c1C(O)(O)C(O)C(N)=O. The van der Waals surface area contributed by atoms with Crippen molar-refractivity contribution < 1.29 is 24.9 Å². The molecule has 1 aromatic heterocycles. The highest BCUT2D eigenvalue weighted by Crippen LogP contribution is 2.29. The van der Waals surface area contributed by atoms with Gasteiger partial charge in [-0.1, -0.05) is 0 Å². The maximum absolute atomic E-state index is 10.8. The summed E-state index contributed by atoms with van der Waals surface area (Å²) in [4.78, 5) is 24.1. The lowest BCUT2D eigenvalue weighted by Crippen LogP contribution is -2.48. The molecule has 0 aromatic carbocycles. The Labute approximate surface area is 96.9 Å². The number of rotatable bonds is 4. The van der Waals surface area contributed by atoms with Gasteiger partial charge in [0.05, 0.1) is 5.69 Å². The fraction of sp³-hybridized carbons (Fsp3) is 0.400. The zero-order chi connectivity index (χ0) is 13.4. The largest absolute Gasteiger partial charge is 0.378 e. The van der Waals surface area contributed by atoms with Crippen molar-refractivity contribution in [3.05, 3.63) is 22.5 Å². The van der Waals surface area contributed by atoms with Crippen LogP contribution in [0.15, 0.2) is 0 Å². The van der Waals surface area contributed by atoms with Crippen molar-refractivity contribution in [3.63, 3.8) is 0 Å².